The Morgan fingerprint density at radius 2 is 1.59 bits per heavy atom. The van der Waals surface area contributed by atoms with E-state index in [0.717, 1.165) is 0 Å². The number of azo groups is 1. The number of hydrogen-bond donors (Lipinski definition) is 3. The van der Waals surface area contributed by atoms with Crippen LogP contribution in [0.25, 0.3) is 0 Å². The van der Waals surface area contributed by atoms with E-state index in [1.54, 1.807) is 12.1 Å². The van der Waals surface area contributed by atoms with E-state index >= 15 is 0 Å². The summed E-state index contributed by atoms with van der Waals surface area (Å²) in [7, 11) is -4.30. The van der Waals surface area contributed by atoms with Crippen molar-refractivity contribution in [3.05, 3.63) is 65.2 Å². The van der Waals surface area contributed by atoms with Gasteiger partial charge in [-0.2, -0.15) is 13.5 Å². The Balaban J connectivity index is 2.02. The van der Waals surface area contributed by atoms with Gasteiger partial charge in [0.2, 0.25) is 0 Å². The minimum absolute atomic E-state index is 0.0383. The summed E-state index contributed by atoms with van der Waals surface area (Å²) in [5.41, 5.74) is 2.03. The lowest BCUT2D eigenvalue weighted by Crippen LogP contribution is -2.21. The Hall–Kier alpha value is -3.47. The number of rotatable bonds is 8. The second-order valence-electron chi connectivity index (χ2n) is 7.13. The largest absolute Gasteiger partial charge is 0.507 e. The first-order valence-electron chi connectivity index (χ1n) is 10.3. The van der Waals surface area contributed by atoms with Crippen LogP contribution >= 0.6 is 11.6 Å². The van der Waals surface area contributed by atoms with Gasteiger partial charge in [0.25, 0.3) is 10.1 Å². The molecule has 34 heavy (non-hydrogen) atoms. The predicted molar refractivity (Wildman–Crippen MR) is 132 cm³/mol. The highest BCUT2D eigenvalue weighted by Gasteiger charge is 2.14. The van der Waals surface area contributed by atoms with Gasteiger partial charge in [0.1, 0.15) is 22.9 Å². The smallest absolute Gasteiger partial charge is 0.294 e. The quantitative estimate of drug-likeness (QED) is 0.196. The number of phenolic OH excluding ortho intramolecular Hbond substituents is 2. The van der Waals surface area contributed by atoms with E-state index in [-0.39, 0.29) is 22.1 Å². The minimum atomic E-state index is -4.30. The highest BCUT2D eigenvalue weighted by atomic mass is 35.5. The van der Waals surface area contributed by atoms with E-state index in [0.29, 0.717) is 40.7 Å². The SMILES string of the molecule is CCN(CC)c1cc(O)c(C=Nc2cc(Cl)ccc2O)cc1N=Nc1ccc(S(=O)(=O)O)cc1. The molecule has 0 radical (unpaired) electrons. The lowest BCUT2D eigenvalue weighted by molar-refractivity contribution is 0.474. The molecule has 0 heterocycles. The van der Waals surface area contributed by atoms with Crippen LogP contribution < -0.4 is 4.90 Å². The monoisotopic (exact) mass is 502 g/mol. The maximum Gasteiger partial charge on any atom is 0.294 e. The molecule has 3 N–H and O–H groups in total. The number of aromatic hydroxyl groups is 2. The third kappa shape index (κ3) is 6.10. The van der Waals surface area contributed by atoms with E-state index < -0.39 is 10.1 Å². The van der Waals surface area contributed by atoms with Gasteiger partial charge >= 0.3 is 0 Å². The van der Waals surface area contributed by atoms with Crippen LogP contribution in [0.15, 0.2) is 74.7 Å². The third-order valence-electron chi connectivity index (χ3n) is 4.92. The summed E-state index contributed by atoms with van der Waals surface area (Å²) < 4.78 is 31.6. The number of anilines is 1. The Bertz CT molecular complexity index is 1340. The summed E-state index contributed by atoms with van der Waals surface area (Å²) in [6.07, 6.45) is 1.38. The first-order chi connectivity index (χ1) is 16.1. The van der Waals surface area contributed by atoms with Gasteiger partial charge in [0.05, 0.1) is 16.3 Å². The van der Waals surface area contributed by atoms with E-state index in [1.165, 1.54) is 48.7 Å². The fraction of sp³-hybridized carbons (Fsp3) is 0.174. The Morgan fingerprint density at radius 3 is 2.21 bits per heavy atom. The topological polar surface area (TPSA) is 135 Å². The van der Waals surface area contributed by atoms with Gasteiger partial charge in [-0.15, -0.1) is 5.11 Å². The predicted octanol–water partition coefficient (Wildman–Crippen LogP) is 6.01. The van der Waals surface area contributed by atoms with Crippen LogP contribution in [0.1, 0.15) is 19.4 Å². The summed E-state index contributed by atoms with van der Waals surface area (Å²) >= 11 is 5.96. The second-order valence-corrected chi connectivity index (χ2v) is 8.99. The second kappa shape index (κ2) is 10.6. The van der Waals surface area contributed by atoms with Crippen LogP contribution in [0.2, 0.25) is 5.02 Å². The van der Waals surface area contributed by atoms with Gasteiger partial charge in [-0.3, -0.25) is 9.55 Å². The van der Waals surface area contributed by atoms with Crippen molar-refractivity contribution in [1.82, 2.24) is 0 Å². The molecule has 0 saturated heterocycles. The fourth-order valence-electron chi connectivity index (χ4n) is 3.12. The third-order valence-corrected chi connectivity index (χ3v) is 6.02. The van der Waals surface area contributed by atoms with Crippen LogP contribution in [0.5, 0.6) is 11.5 Å². The highest BCUT2D eigenvalue weighted by molar-refractivity contribution is 7.85. The molecular weight excluding hydrogens is 480 g/mol. The van der Waals surface area contributed by atoms with Crippen molar-refractivity contribution in [2.24, 2.45) is 15.2 Å². The van der Waals surface area contributed by atoms with Crippen molar-refractivity contribution < 1.29 is 23.2 Å². The zero-order valence-electron chi connectivity index (χ0n) is 18.4. The minimum Gasteiger partial charge on any atom is -0.507 e. The number of aliphatic imine (C=N–C) groups is 1. The molecule has 0 fully saturated rings. The molecule has 0 aliphatic rings. The van der Waals surface area contributed by atoms with Crippen LogP contribution in [0.4, 0.5) is 22.7 Å². The van der Waals surface area contributed by atoms with Crippen molar-refractivity contribution in [2.75, 3.05) is 18.0 Å². The summed E-state index contributed by atoms with van der Waals surface area (Å²) in [5.74, 6) is -0.100. The zero-order chi connectivity index (χ0) is 24.9. The molecule has 178 valence electrons. The van der Waals surface area contributed by atoms with Crippen molar-refractivity contribution in [2.45, 2.75) is 18.7 Å². The first kappa shape index (κ1) is 25.2. The summed E-state index contributed by atoms with van der Waals surface area (Å²) in [4.78, 5) is 5.96. The first-order valence-corrected chi connectivity index (χ1v) is 12.1. The average Bonchev–Trinajstić information content (AvgIpc) is 2.80. The van der Waals surface area contributed by atoms with Gasteiger partial charge in [-0.1, -0.05) is 11.6 Å². The molecule has 0 amide bonds. The van der Waals surface area contributed by atoms with Crippen LogP contribution in [0, 0.1) is 0 Å². The molecule has 9 nitrogen and oxygen atoms in total. The van der Waals surface area contributed by atoms with Gasteiger partial charge in [0, 0.05) is 36.0 Å². The fourth-order valence-corrected chi connectivity index (χ4v) is 3.76. The number of benzene rings is 3. The molecule has 0 bridgehead atoms. The molecule has 0 aromatic heterocycles. The van der Waals surface area contributed by atoms with Gasteiger partial charge in [-0.05, 0) is 62.4 Å². The maximum atomic E-state index is 11.2. The van der Waals surface area contributed by atoms with E-state index in [4.69, 9.17) is 16.2 Å². The van der Waals surface area contributed by atoms with Crippen molar-refractivity contribution in [1.29, 1.82) is 0 Å². The van der Waals surface area contributed by atoms with Crippen molar-refractivity contribution >= 4 is 50.7 Å². The number of halogens is 1. The Kier molecular flexibility index (Phi) is 7.87. The molecule has 0 spiro atoms. The van der Waals surface area contributed by atoms with Crippen LogP contribution in [-0.2, 0) is 10.1 Å². The van der Waals surface area contributed by atoms with E-state index in [2.05, 4.69) is 15.2 Å². The molecule has 0 aliphatic carbocycles. The molecule has 0 aliphatic heterocycles. The Morgan fingerprint density at radius 1 is 0.912 bits per heavy atom. The summed E-state index contributed by atoms with van der Waals surface area (Å²) in [5, 5.41) is 29.4. The van der Waals surface area contributed by atoms with Crippen molar-refractivity contribution in [3.63, 3.8) is 0 Å². The molecule has 0 unspecified atom stereocenters. The molecule has 0 atom stereocenters. The molecule has 3 aromatic rings. The normalized spacial score (nSPS) is 12.0. The molecule has 0 saturated carbocycles. The number of nitrogens with zero attached hydrogens (tertiary/aromatic N) is 4. The molecule has 3 rings (SSSR count). The van der Waals surface area contributed by atoms with Crippen LogP contribution in [0.3, 0.4) is 0 Å². The standard InChI is InChI=1S/C23H23ClN4O5S/c1-3-28(4-2)21-13-23(30)15(14-25-20-12-16(24)5-10-22(20)29)11-19(21)27-26-17-6-8-18(9-7-17)34(31,32)33/h5-14,29-30H,3-4H2,1-2H3,(H,31,32,33). The van der Waals surface area contributed by atoms with E-state index in [1.807, 2.05) is 18.7 Å². The Labute approximate surface area is 202 Å². The van der Waals surface area contributed by atoms with Crippen LogP contribution in [-0.4, -0.2) is 42.5 Å². The molecule has 11 heteroatoms. The number of phenols is 2. The average molecular weight is 503 g/mol. The van der Waals surface area contributed by atoms with Crippen molar-refractivity contribution in [3.8, 4) is 11.5 Å². The lowest BCUT2D eigenvalue weighted by Gasteiger charge is -2.23. The van der Waals surface area contributed by atoms with E-state index in [9.17, 15) is 18.6 Å². The number of hydrogen-bond acceptors (Lipinski definition) is 8. The summed E-state index contributed by atoms with van der Waals surface area (Å²) in [6.45, 7) is 5.25. The van der Waals surface area contributed by atoms with Gasteiger partial charge in [0.15, 0.2) is 0 Å². The van der Waals surface area contributed by atoms with Gasteiger partial charge < -0.3 is 15.1 Å². The molecule has 3 aromatic carbocycles. The highest BCUT2D eigenvalue weighted by Crippen LogP contribution is 2.36. The zero-order valence-corrected chi connectivity index (χ0v) is 20.0. The van der Waals surface area contributed by atoms with Gasteiger partial charge in [-0.25, -0.2) is 0 Å². The molecular formula is C23H23ClN4O5S. The lowest BCUT2D eigenvalue weighted by atomic mass is 10.1. The maximum absolute atomic E-state index is 11.2. The summed E-state index contributed by atoms with van der Waals surface area (Å²) in [6, 6.07) is 12.9.